The molecule has 2 heterocycles. The van der Waals surface area contributed by atoms with Crippen LogP contribution in [0.15, 0.2) is 34.7 Å². The predicted molar refractivity (Wildman–Crippen MR) is 78.8 cm³/mol. The normalized spacial score (nSPS) is 11.4. The van der Waals surface area contributed by atoms with Gasteiger partial charge in [-0.2, -0.15) is 0 Å². The first-order chi connectivity index (χ1) is 10.5. The van der Waals surface area contributed by atoms with E-state index in [9.17, 15) is 14.5 Å². The van der Waals surface area contributed by atoms with Crippen LogP contribution in [0.1, 0.15) is 11.6 Å². The van der Waals surface area contributed by atoms with E-state index in [1.54, 1.807) is 0 Å². The van der Waals surface area contributed by atoms with Crippen LogP contribution < -0.4 is 0 Å². The van der Waals surface area contributed by atoms with Gasteiger partial charge in [0.25, 0.3) is 0 Å². The predicted octanol–water partition coefficient (Wildman–Crippen LogP) is 4.09. The number of hydrogen-bond acceptors (Lipinski definition) is 5. The summed E-state index contributed by atoms with van der Waals surface area (Å²) in [4.78, 5) is 18.1. The van der Waals surface area contributed by atoms with Crippen molar-refractivity contribution in [3.05, 3.63) is 63.0 Å². The fourth-order valence-corrected chi connectivity index (χ4v) is 2.08. The van der Waals surface area contributed by atoms with Crippen LogP contribution in [0.25, 0.3) is 23.1 Å². The summed E-state index contributed by atoms with van der Waals surface area (Å²) in [7, 11) is 0. The third kappa shape index (κ3) is 2.79. The van der Waals surface area contributed by atoms with Crippen LogP contribution in [0.4, 0.5) is 10.3 Å². The first-order valence-electron chi connectivity index (χ1n) is 6.08. The number of halogens is 2. The lowest BCUT2D eigenvalue weighted by Gasteiger charge is -2.01. The first kappa shape index (κ1) is 14.2. The smallest absolute Gasteiger partial charge is 0.401 e. The largest absolute Gasteiger partial charge is 0.433 e. The summed E-state index contributed by atoms with van der Waals surface area (Å²) in [5.41, 5.74) is 0.492. The van der Waals surface area contributed by atoms with Crippen LogP contribution in [-0.4, -0.2) is 14.9 Å². The third-order valence-corrected chi connectivity index (χ3v) is 3.11. The Morgan fingerprint density at radius 1 is 1.23 bits per heavy atom. The van der Waals surface area contributed by atoms with E-state index in [1.807, 2.05) is 0 Å². The average Bonchev–Trinajstić information content (AvgIpc) is 2.95. The molecule has 0 aliphatic rings. The molecule has 1 aromatic carbocycles. The molecule has 22 heavy (non-hydrogen) atoms. The van der Waals surface area contributed by atoms with Crippen molar-refractivity contribution in [2.75, 3.05) is 0 Å². The summed E-state index contributed by atoms with van der Waals surface area (Å²) < 4.78 is 18.1. The summed E-state index contributed by atoms with van der Waals surface area (Å²) in [6.07, 6.45) is 2.98. The van der Waals surface area contributed by atoms with E-state index in [0.29, 0.717) is 10.9 Å². The third-order valence-electron chi connectivity index (χ3n) is 2.82. The maximum Gasteiger partial charge on any atom is 0.433 e. The van der Waals surface area contributed by atoms with E-state index in [-0.39, 0.29) is 22.6 Å². The molecule has 0 N–H and O–H groups in total. The Bertz CT molecular complexity index is 907. The van der Waals surface area contributed by atoms with Gasteiger partial charge in [-0.25, -0.2) is 14.4 Å². The highest BCUT2D eigenvalue weighted by molar-refractivity contribution is 6.34. The molecule has 0 bridgehead atoms. The zero-order chi connectivity index (χ0) is 15.7. The number of fused-ring (bicyclic) bond motifs is 1. The van der Waals surface area contributed by atoms with Gasteiger partial charge in [0, 0.05) is 5.39 Å². The molecule has 2 aromatic heterocycles. The van der Waals surface area contributed by atoms with Crippen molar-refractivity contribution in [2.45, 2.75) is 0 Å². The molecule has 0 fully saturated rings. The topological polar surface area (TPSA) is 82.1 Å². The van der Waals surface area contributed by atoms with Gasteiger partial charge in [-0.15, -0.1) is 0 Å². The molecule has 0 aliphatic heterocycles. The van der Waals surface area contributed by atoms with E-state index in [0.717, 1.165) is 0 Å². The molecule has 0 atom stereocenters. The maximum absolute atomic E-state index is 13.2. The van der Waals surface area contributed by atoms with Crippen molar-refractivity contribution >= 4 is 40.5 Å². The molecule has 6 nitrogen and oxygen atoms in total. The molecule has 110 valence electrons. The Labute approximate surface area is 128 Å². The summed E-state index contributed by atoms with van der Waals surface area (Å²) >= 11 is 6.00. The van der Waals surface area contributed by atoms with Crippen molar-refractivity contribution in [3.63, 3.8) is 0 Å². The molecule has 3 aromatic rings. The zero-order valence-electron chi connectivity index (χ0n) is 10.9. The van der Waals surface area contributed by atoms with Crippen LogP contribution >= 0.6 is 11.6 Å². The maximum atomic E-state index is 13.2. The lowest BCUT2D eigenvalue weighted by Crippen LogP contribution is -1.91. The molecule has 0 spiro atoms. The lowest BCUT2D eigenvalue weighted by atomic mass is 10.2. The van der Waals surface area contributed by atoms with Gasteiger partial charge in [0.05, 0.1) is 11.6 Å². The molecule has 0 unspecified atom stereocenters. The van der Waals surface area contributed by atoms with E-state index in [2.05, 4.69) is 9.97 Å². The van der Waals surface area contributed by atoms with Gasteiger partial charge in [0.15, 0.2) is 5.82 Å². The minimum absolute atomic E-state index is 0.120. The fourth-order valence-electron chi connectivity index (χ4n) is 1.84. The van der Waals surface area contributed by atoms with Gasteiger partial charge < -0.3 is 4.42 Å². The van der Waals surface area contributed by atoms with Crippen LogP contribution in [0, 0.1) is 15.9 Å². The number of furan rings is 1. The quantitative estimate of drug-likeness (QED) is 0.412. The monoisotopic (exact) mass is 319 g/mol. The van der Waals surface area contributed by atoms with Gasteiger partial charge in [0.1, 0.15) is 21.7 Å². The van der Waals surface area contributed by atoms with Crippen molar-refractivity contribution in [2.24, 2.45) is 0 Å². The highest BCUT2D eigenvalue weighted by Gasteiger charge is 2.10. The molecule has 0 saturated heterocycles. The number of aromatic nitrogens is 2. The first-order valence-corrected chi connectivity index (χ1v) is 6.46. The van der Waals surface area contributed by atoms with Gasteiger partial charge in [-0.3, -0.25) is 10.1 Å². The summed E-state index contributed by atoms with van der Waals surface area (Å²) in [5.74, 6) is -0.217. The standard InChI is InChI=1S/C14H7ClFN3O3/c15-14-10-7-8(16)1-4-11(10)17-12(18-14)5-2-9-3-6-13(22-9)19(20)21/h1-7H/b5-2+. The summed E-state index contributed by atoms with van der Waals surface area (Å²) in [6.45, 7) is 0. The van der Waals surface area contributed by atoms with Crippen molar-refractivity contribution in [1.29, 1.82) is 0 Å². The molecule has 0 saturated carbocycles. The lowest BCUT2D eigenvalue weighted by molar-refractivity contribution is -0.402. The van der Waals surface area contributed by atoms with Gasteiger partial charge in [-0.1, -0.05) is 11.6 Å². The number of nitrogens with zero attached hydrogens (tertiary/aromatic N) is 3. The Hall–Kier alpha value is -2.80. The molecule has 0 radical (unpaired) electrons. The van der Waals surface area contributed by atoms with Crippen molar-refractivity contribution in [1.82, 2.24) is 9.97 Å². The van der Waals surface area contributed by atoms with Crippen LogP contribution in [0.3, 0.4) is 0 Å². The minimum Gasteiger partial charge on any atom is -0.401 e. The van der Waals surface area contributed by atoms with E-state index in [4.69, 9.17) is 16.0 Å². The van der Waals surface area contributed by atoms with Gasteiger partial charge in [0.2, 0.25) is 0 Å². The molecule has 3 rings (SSSR count). The average molecular weight is 320 g/mol. The molecule has 8 heteroatoms. The zero-order valence-corrected chi connectivity index (χ0v) is 11.6. The van der Waals surface area contributed by atoms with Crippen LogP contribution in [0.5, 0.6) is 0 Å². The fraction of sp³-hybridized carbons (Fsp3) is 0. The van der Waals surface area contributed by atoms with E-state index in [1.165, 1.54) is 42.5 Å². The number of nitro groups is 1. The Balaban J connectivity index is 1.94. The highest BCUT2D eigenvalue weighted by Crippen LogP contribution is 2.22. The number of benzene rings is 1. The molecular weight excluding hydrogens is 313 g/mol. The van der Waals surface area contributed by atoms with E-state index >= 15 is 0 Å². The second-order valence-electron chi connectivity index (χ2n) is 4.30. The SMILES string of the molecule is O=[N+]([O-])c1ccc(/C=C/c2nc(Cl)c3cc(F)ccc3n2)o1. The Morgan fingerprint density at radius 3 is 2.77 bits per heavy atom. The highest BCUT2D eigenvalue weighted by atomic mass is 35.5. The summed E-state index contributed by atoms with van der Waals surface area (Å²) in [5, 5.41) is 11.1. The van der Waals surface area contributed by atoms with Crippen molar-refractivity contribution < 1.29 is 13.7 Å². The molecule has 0 aliphatic carbocycles. The second kappa shape index (κ2) is 5.53. The van der Waals surface area contributed by atoms with Crippen molar-refractivity contribution in [3.8, 4) is 0 Å². The minimum atomic E-state index is -0.630. The Morgan fingerprint density at radius 2 is 2.05 bits per heavy atom. The van der Waals surface area contributed by atoms with Crippen LogP contribution in [-0.2, 0) is 0 Å². The number of hydrogen-bond donors (Lipinski definition) is 0. The second-order valence-corrected chi connectivity index (χ2v) is 4.66. The summed E-state index contributed by atoms with van der Waals surface area (Å²) in [6, 6.07) is 6.72. The van der Waals surface area contributed by atoms with E-state index < -0.39 is 10.7 Å². The van der Waals surface area contributed by atoms with Gasteiger partial charge in [-0.05, 0) is 36.4 Å². The molecular formula is C14H7ClFN3O3. The Kier molecular flexibility index (Phi) is 3.56. The molecule has 0 amide bonds. The van der Waals surface area contributed by atoms with Gasteiger partial charge >= 0.3 is 5.88 Å². The van der Waals surface area contributed by atoms with Crippen LogP contribution in [0.2, 0.25) is 5.15 Å². The number of rotatable bonds is 3.